The van der Waals surface area contributed by atoms with E-state index in [1.54, 1.807) is 18.7 Å². The van der Waals surface area contributed by atoms with Gasteiger partial charge in [-0.15, -0.1) is 0 Å². The van der Waals surface area contributed by atoms with Crippen LogP contribution in [-0.4, -0.2) is 51.0 Å². The second kappa shape index (κ2) is 10.3. The molecule has 0 amide bonds. The summed E-state index contributed by atoms with van der Waals surface area (Å²) in [5.74, 6) is 1.81. The van der Waals surface area contributed by atoms with Crippen molar-refractivity contribution in [2.45, 2.75) is 51.1 Å². The first kappa shape index (κ1) is 25.6. The fourth-order valence-corrected chi connectivity index (χ4v) is 6.32. The third-order valence-corrected chi connectivity index (χ3v) is 8.38. The van der Waals surface area contributed by atoms with Crippen LogP contribution in [0, 0.1) is 5.92 Å². The smallest absolute Gasteiger partial charge is 0.332 e. The van der Waals surface area contributed by atoms with Crippen molar-refractivity contribution in [2.24, 2.45) is 13.0 Å². The van der Waals surface area contributed by atoms with Crippen LogP contribution in [0.3, 0.4) is 0 Å². The molecule has 0 spiro atoms. The molecule has 12 nitrogen and oxygen atoms in total. The van der Waals surface area contributed by atoms with Crippen molar-refractivity contribution >= 4 is 28.6 Å². The van der Waals surface area contributed by atoms with Crippen LogP contribution in [0.2, 0.25) is 5.02 Å². The van der Waals surface area contributed by atoms with E-state index in [2.05, 4.69) is 41.3 Å². The number of aryl methyl sites for hydroxylation is 1. The van der Waals surface area contributed by atoms with Gasteiger partial charge in [-0.2, -0.15) is 5.10 Å². The molecule has 5 aromatic rings. The molecule has 1 aliphatic heterocycles. The molecule has 2 aliphatic rings. The third kappa shape index (κ3) is 4.71. The molecule has 5 aromatic heterocycles. The van der Waals surface area contributed by atoms with Gasteiger partial charge in [-0.3, -0.25) is 19.2 Å². The van der Waals surface area contributed by atoms with E-state index in [-0.39, 0.29) is 11.9 Å². The Kier molecular flexibility index (Phi) is 6.41. The molecule has 6 heterocycles. The molecule has 0 bridgehead atoms. The minimum Gasteiger partial charge on any atom is -0.332 e. The van der Waals surface area contributed by atoms with Crippen LogP contribution in [-0.2, 0) is 13.6 Å². The molecule has 7 rings (SSSR count). The van der Waals surface area contributed by atoms with Crippen molar-refractivity contribution in [3.8, 4) is 22.8 Å². The first-order valence-electron chi connectivity index (χ1n) is 13.8. The van der Waals surface area contributed by atoms with Crippen LogP contribution in [0.4, 0.5) is 5.95 Å². The predicted molar refractivity (Wildman–Crippen MR) is 153 cm³/mol. The van der Waals surface area contributed by atoms with Gasteiger partial charge in [-0.05, 0) is 56.6 Å². The lowest BCUT2D eigenvalue weighted by Crippen LogP contribution is -2.29. The predicted octanol–water partition coefficient (Wildman–Crippen LogP) is 4.71. The maximum Gasteiger partial charge on any atom is 0.439 e. The molecule has 0 aromatic carbocycles. The summed E-state index contributed by atoms with van der Waals surface area (Å²) in [6, 6.07) is 3.73. The Hall–Kier alpha value is -4.32. The highest BCUT2D eigenvalue weighted by Gasteiger charge is 2.34. The van der Waals surface area contributed by atoms with Crippen molar-refractivity contribution in [2.75, 3.05) is 11.4 Å². The number of halogens is 1. The van der Waals surface area contributed by atoms with E-state index in [1.807, 2.05) is 23.9 Å². The Morgan fingerprint density at radius 3 is 2.76 bits per heavy atom. The standard InChI is InChI=1S/C28H29ClN10O2/c1-16-5-7-17(8-6-16)14-39-24-20(34-27(39)38-9-3-4-22(38)26-31-15-32-37(26)2)11-21(25-35-28(40)41-36-25)33-23(24)18-10-19(29)13-30-12-18/h10-13,15,17,22H,1,3-9,14H2,2H3,(H,35,36,40). The highest BCUT2D eigenvalue weighted by Crippen LogP contribution is 2.41. The molecule has 41 heavy (non-hydrogen) atoms. The van der Waals surface area contributed by atoms with Gasteiger partial charge in [0.1, 0.15) is 17.8 Å². The van der Waals surface area contributed by atoms with Gasteiger partial charge in [0.2, 0.25) is 11.8 Å². The number of pyridine rings is 2. The molecular weight excluding hydrogens is 544 g/mol. The van der Waals surface area contributed by atoms with Crippen molar-refractivity contribution in [3.05, 3.63) is 64.4 Å². The first-order valence-corrected chi connectivity index (χ1v) is 14.2. The van der Waals surface area contributed by atoms with Crippen molar-refractivity contribution < 1.29 is 4.52 Å². The number of imidazole rings is 1. The molecule has 2 fully saturated rings. The maximum atomic E-state index is 11.8. The Morgan fingerprint density at radius 1 is 1.17 bits per heavy atom. The normalized spacial score (nSPS) is 18.1. The number of hydrogen-bond acceptors (Lipinski definition) is 9. The highest BCUT2D eigenvalue weighted by atomic mass is 35.5. The Bertz CT molecular complexity index is 1810. The number of aromatic nitrogens is 9. The van der Waals surface area contributed by atoms with Gasteiger partial charge in [0.25, 0.3) is 0 Å². The summed E-state index contributed by atoms with van der Waals surface area (Å²) in [4.78, 5) is 35.9. The first-order chi connectivity index (χ1) is 19.9. The lowest BCUT2D eigenvalue weighted by molar-refractivity contribution is 0.361. The average molecular weight is 573 g/mol. The zero-order valence-electron chi connectivity index (χ0n) is 22.6. The zero-order valence-corrected chi connectivity index (χ0v) is 23.4. The summed E-state index contributed by atoms with van der Waals surface area (Å²) in [5, 5.41) is 8.72. The van der Waals surface area contributed by atoms with E-state index in [1.165, 1.54) is 5.57 Å². The van der Waals surface area contributed by atoms with E-state index < -0.39 is 5.76 Å². The molecule has 1 N–H and O–H groups in total. The average Bonchev–Trinajstić information content (AvgIpc) is 3.76. The van der Waals surface area contributed by atoms with Crippen LogP contribution in [0.1, 0.15) is 50.4 Å². The molecule has 1 saturated heterocycles. The van der Waals surface area contributed by atoms with Crippen LogP contribution in [0.5, 0.6) is 0 Å². The van der Waals surface area contributed by atoms with Crippen LogP contribution in [0.15, 0.2) is 52.3 Å². The molecule has 0 radical (unpaired) electrons. The van der Waals surface area contributed by atoms with E-state index in [4.69, 9.17) is 26.1 Å². The Morgan fingerprint density at radius 2 is 2.02 bits per heavy atom. The van der Waals surface area contributed by atoms with E-state index in [9.17, 15) is 4.79 Å². The summed E-state index contributed by atoms with van der Waals surface area (Å²) in [6.07, 6.45) is 11.1. The maximum absolute atomic E-state index is 11.8. The van der Waals surface area contributed by atoms with Gasteiger partial charge in [0, 0.05) is 38.1 Å². The molecule has 1 atom stereocenters. The summed E-state index contributed by atoms with van der Waals surface area (Å²) in [6.45, 7) is 5.84. The van der Waals surface area contributed by atoms with E-state index >= 15 is 0 Å². The van der Waals surface area contributed by atoms with Gasteiger partial charge in [0.15, 0.2) is 0 Å². The fraction of sp³-hybridized carbons (Fsp3) is 0.393. The second-order valence-corrected chi connectivity index (χ2v) is 11.3. The second-order valence-electron chi connectivity index (χ2n) is 10.9. The van der Waals surface area contributed by atoms with Crippen molar-refractivity contribution in [3.63, 3.8) is 0 Å². The monoisotopic (exact) mass is 572 g/mol. The number of nitrogens with one attached hydrogen (secondary N) is 1. The van der Waals surface area contributed by atoms with Gasteiger partial charge in [-0.25, -0.2) is 19.7 Å². The molecule has 13 heteroatoms. The molecular formula is C28H29ClN10O2. The number of aromatic amines is 1. The molecule has 1 unspecified atom stereocenters. The van der Waals surface area contributed by atoms with Gasteiger partial charge in [0.05, 0.1) is 27.8 Å². The number of nitrogens with zero attached hydrogens (tertiary/aromatic N) is 9. The minimum atomic E-state index is -0.651. The van der Waals surface area contributed by atoms with Gasteiger partial charge < -0.3 is 9.47 Å². The SMILES string of the molecule is C=C1CCC(Cn2c(N3CCCC3c3ncnn3C)nc3cc(-c4noc(=O)[nH]4)nc(-c4cncc(Cl)c4)c32)CC1. The molecule has 1 saturated carbocycles. The fourth-order valence-electron chi connectivity index (χ4n) is 6.15. The van der Waals surface area contributed by atoms with Gasteiger partial charge >= 0.3 is 5.76 Å². The van der Waals surface area contributed by atoms with Crippen LogP contribution < -0.4 is 10.7 Å². The van der Waals surface area contributed by atoms with Crippen LogP contribution >= 0.6 is 11.6 Å². The third-order valence-electron chi connectivity index (χ3n) is 8.17. The zero-order chi connectivity index (χ0) is 28.1. The van der Waals surface area contributed by atoms with E-state index in [0.717, 1.165) is 80.0 Å². The quantitative estimate of drug-likeness (QED) is 0.287. The number of rotatable bonds is 6. The summed E-state index contributed by atoms with van der Waals surface area (Å²) < 4.78 is 8.94. The number of anilines is 1. The highest BCUT2D eigenvalue weighted by molar-refractivity contribution is 6.30. The number of hydrogen-bond donors (Lipinski definition) is 1. The minimum absolute atomic E-state index is 0.0415. The molecule has 210 valence electrons. The van der Waals surface area contributed by atoms with Crippen LogP contribution in [0.25, 0.3) is 33.8 Å². The lowest BCUT2D eigenvalue weighted by atomic mass is 9.86. The van der Waals surface area contributed by atoms with Gasteiger partial charge in [-0.1, -0.05) is 28.9 Å². The Balaban J connectivity index is 1.46. The Labute approximate surface area is 240 Å². The topological polar surface area (TPSA) is 136 Å². The number of allylic oxidation sites excluding steroid dienone is 1. The van der Waals surface area contributed by atoms with Crippen molar-refractivity contribution in [1.29, 1.82) is 0 Å². The number of H-pyrrole nitrogens is 1. The summed E-state index contributed by atoms with van der Waals surface area (Å²) >= 11 is 6.40. The summed E-state index contributed by atoms with van der Waals surface area (Å²) in [5.41, 5.74) is 4.77. The largest absolute Gasteiger partial charge is 0.439 e. The lowest BCUT2D eigenvalue weighted by Gasteiger charge is -2.29. The molecule has 1 aliphatic carbocycles. The summed E-state index contributed by atoms with van der Waals surface area (Å²) in [7, 11) is 1.93. The number of fused-ring (bicyclic) bond motifs is 1. The van der Waals surface area contributed by atoms with Crippen molar-refractivity contribution in [1.82, 2.24) is 44.4 Å². The van der Waals surface area contributed by atoms with E-state index in [0.29, 0.717) is 22.3 Å².